The Balaban J connectivity index is 2.02. The van der Waals surface area contributed by atoms with E-state index in [1.807, 2.05) is 5.38 Å². The van der Waals surface area contributed by atoms with Crippen molar-refractivity contribution >= 4 is 39.6 Å². The number of hydrogen-bond acceptors (Lipinski definition) is 7. The molecule has 0 bridgehead atoms. The Morgan fingerprint density at radius 3 is 2.68 bits per heavy atom. The van der Waals surface area contributed by atoms with Crippen molar-refractivity contribution in [1.29, 1.82) is 0 Å². The number of hydrogen-bond donors (Lipinski definition) is 2. The van der Waals surface area contributed by atoms with Gasteiger partial charge in [0.2, 0.25) is 5.91 Å². The molecule has 0 aromatic carbocycles. The third-order valence-electron chi connectivity index (χ3n) is 2.76. The first-order chi connectivity index (χ1) is 10.4. The Hall–Kier alpha value is -1.84. The normalized spacial score (nSPS) is 10.5. The third kappa shape index (κ3) is 3.87. The molecule has 7 nitrogen and oxygen atoms in total. The van der Waals surface area contributed by atoms with Crippen molar-refractivity contribution in [2.24, 2.45) is 5.73 Å². The lowest BCUT2D eigenvalue weighted by atomic mass is 10.3. The lowest BCUT2D eigenvalue weighted by molar-refractivity contribution is -0.115. The second-order valence-electron chi connectivity index (χ2n) is 4.79. The van der Waals surface area contributed by atoms with E-state index < -0.39 is 0 Å². The molecule has 118 valence electrons. The van der Waals surface area contributed by atoms with Crippen LogP contribution in [-0.4, -0.2) is 40.8 Å². The highest BCUT2D eigenvalue weighted by Gasteiger charge is 2.18. The smallest absolute Gasteiger partial charge is 0.265 e. The number of carbonyl (C=O) groups excluding carboxylic acids is 2. The third-order valence-corrected chi connectivity index (χ3v) is 4.74. The summed E-state index contributed by atoms with van der Waals surface area (Å²) in [6.45, 7) is 2.12. The number of thiazole rings is 2. The molecule has 2 aromatic rings. The van der Waals surface area contributed by atoms with Crippen molar-refractivity contribution in [3.63, 3.8) is 0 Å². The van der Waals surface area contributed by atoms with Crippen LogP contribution in [0, 0.1) is 6.92 Å². The molecule has 22 heavy (non-hydrogen) atoms. The van der Waals surface area contributed by atoms with Crippen molar-refractivity contribution in [2.75, 3.05) is 19.4 Å². The molecular formula is C13H17N5O2S2. The van der Waals surface area contributed by atoms with Crippen molar-refractivity contribution in [1.82, 2.24) is 14.9 Å². The second kappa shape index (κ2) is 6.95. The van der Waals surface area contributed by atoms with E-state index in [1.54, 1.807) is 21.0 Å². The van der Waals surface area contributed by atoms with Gasteiger partial charge in [-0.1, -0.05) is 11.3 Å². The van der Waals surface area contributed by atoms with E-state index in [0.29, 0.717) is 27.9 Å². The monoisotopic (exact) mass is 339 g/mol. The highest BCUT2D eigenvalue weighted by molar-refractivity contribution is 7.17. The van der Waals surface area contributed by atoms with E-state index in [9.17, 15) is 9.59 Å². The van der Waals surface area contributed by atoms with E-state index in [2.05, 4.69) is 15.3 Å². The number of amides is 2. The van der Waals surface area contributed by atoms with Crippen LogP contribution in [0.2, 0.25) is 0 Å². The summed E-state index contributed by atoms with van der Waals surface area (Å²) in [5.74, 6) is -0.339. The number of nitrogens with zero attached hydrogens (tertiary/aromatic N) is 3. The van der Waals surface area contributed by atoms with Crippen molar-refractivity contribution in [2.45, 2.75) is 19.9 Å². The van der Waals surface area contributed by atoms with Crippen molar-refractivity contribution < 1.29 is 9.59 Å². The summed E-state index contributed by atoms with van der Waals surface area (Å²) < 4.78 is 0. The molecule has 2 aromatic heterocycles. The lowest BCUT2D eigenvalue weighted by Crippen LogP contribution is -2.21. The van der Waals surface area contributed by atoms with Crippen LogP contribution < -0.4 is 11.1 Å². The van der Waals surface area contributed by atoms with Crippen LogP contribution in [0.4, 0.5) is 5.13 Å². The zero-order valence-corrected chi connectivity index (χ0v) is 14.2. The zero-order valence-electron chi connectivity index (χ0n) is 12.5. The summed E-state index contributed by atoms with van der Waals surface area (Å²) in [5.41, 5.74) is 6.78. The maximum atomic E-state index is 12.0. The fourth-order valence-corrected chi connectivity index (χ4v) is 3.38. The molecule has 2 amide bonds. The summed E-state index contributed by atoms with van der Waals surface area (Å²) in [5, 5.41) is 5.74. The topological polar surface area (TPSA) is 101 Å². The van der Waals surface area contributed by atoms with E-state index in [0.717, 1.165) is 5.01 Å². The predicted octanol–water partition coefficient (Wildman–Crippen LogP) is 1.25. The molecule has 0 radical (unpaired) electrons. The quantitative estimate of drug-likeness (QED) is 0.854. The van der Waals surface area contributed by atoms with Gasteiger partial charge in [0.05, 0.1) is 17.8 Å². The first-order valence-electron chi connectivity index (χ1n) is 6.53. The van der Waals surface area contributed by atoms with Gasteiger partial charge in [-0.25, -0.2) is 9.97 Å². The van der Waals surface area contributed by atoms with Gasteiger partial charge >= 0.3 is 0 Å². The highest BCUT2D eigenvalue weighted by Crippen LogP contribution is 2.23. The largest absolute Gasteiger partial charge is 0.344 e. The van der Waals surface area contributed by atoms with E-state index in [1.165, 1.54) is 27.6 Å². The molecule has 2 rings (SSSR count). The van der Waals surface area contributed by atoms with Crippen LogP contribution in [0.25, 0.3) is 0 Å². The van der Waals surface area contributed by atoms with E-state index in [-0.39, 0.29) is 18.2 Å². The molecular weight excluding hydrogens is 322 g/mol. The number of anilines is 1. The average Bonchev–Trinajstić information content (AvgIpc) is 3.04. The summed E-state index contributed by atoms with van der Waals surface area (Å²) in [4.78, 5) is 34.4. The maximum absolute atomic E-state index is 12.0. The van der Waals surface area contributed by atoms with Gasteiger partial charge in [0, 0.05) is 26.0 Å². The standard InChI is InChI=1S/C13H17N5O2S2/c1-7-11(12(20)18(2)3)22-13(15-7)17-9(19)4-8-6-21-10(5-14)16-8/h6H,4-5,14H2,1-3H3,(H,15,17,19). The highest BCUT2D eigenvalue weighted by atomic mass is 32.1. The molecule has 0 unspecified atom stereocenters. The molecule has 0 aliphatic heterocycles. The van der Waals surface area contributed by atoms with Crippen LogP contribution in [0.3, 0.4) is 0 Å². The Bertz CT molecular complexity index is 692. The average molecular weight is 339 g/mol. The summed E-state index contributed by atoms with van der Waals surface area (Å²) >= 11 is 2.60. The van der Waals surface area contributed by atoms with E-state index in [4.69, 9.17) is 5.73 Å². The first kappa shape index (κ1) is 16.5. The van der Waals surface area contributed by atoms with Gasteiger partial charge in [-0.05, 0) is 6.92 Å². The maximum Gasteiger partial charge on any atom is 0.265 e. The lowest BCUT2D eigenvalue weighted by Gasteiger charge is -2.07. The minimum atomic E-state index is -0.216. The summed E-state index contributed by atoms with van der Waals surface area (Å²) in [7, 11) is 3.36. The fraction of sp³-hybridized carbons (Fsp3) is 0.385. The number of aryl methyl sites for hydroxylation is 1. The van der Waals surface area contributed by atoms with Gasteiger partial charge in [-0.2, -0.15) is 0 Å². The number of rotatable bonds is 5. The minimum absolute atomic E-state index is 0.123. The van der Waals surface area contributed by atoms with Crippen molar-refractivity contribution in [3.05, 3.63) is 26.7 Å². The summed E-state index contributed by atoms with van der Waals surface area (Å²) in [6.07, 6.45) is 0.159. The van der Waals surface area contributed by atoms with Crippen LogP contribution >= 0.6 is 22.7 Å². The SMILES string of the molecule is Cc1nc(NC(=O)Cc2csc(CN)n2)sc1C(=O)N(C)C. The van der Waals surface area contributed by atoms with Crippen LogP contribution in [0.1, 0.15) is 26.1 Å². The number of aromatic nitrogens is 2. The van der Waals surface area contributed by atoms with Gasteiger partial charge < -0.3 is 16.0 Å². The van der Waals surface area contributed by atoms with Crippen LogP contribution in [0.15, 0.2) is 5.38 Å². The number of nitrogens with one attached hydrogen (secondary N) is 1. The van der Waals surface area contributed by atoms with E-state index >= 15 is 0 Å². The first-order valence-corrected chi connectivity index (χ1v) is 8.22. The molecule has 0 atom stereocenters. The second-order valence-corrected chi connectivity index (χ2v) is 6.74. The molecule has 2 heterocycles. The fourth-order valence-electron chi connectivity index (χ4n) is 1.70. The Kier molecular flexibility index (Phi) is 5.22. The molecule has 0 saturated carbocycles. The molecule has 9 heteroatoms. The number of carbonyl (C=O) groups is 2. The zero-order chi connectivity index (χ0) is 16.3. The van der Waals surface area contributed by atoms with Gasteiger partial charge in [0.1, 0.15) is 9.88 Å². The number of nitrogens with two attached hydrogens (primary N) is 1. The summed E-state index contributed by atoms with van der Waals surface area (Å²) in [6, 6.07) is 0. The molecule has 0 spiro atoms. The Morgan fingerprint density at radius 2 is 2.09 bits per heavy atom. The molecule has 3 N–H and O–H groups in total. The Labute approximate surface area is 136 Å². The van der Waals surface area contributed by atoms with Gasteiger partial charge in [-0.15, -0.1) is 11.3 Å². The van der Waals surface area contributed by atoms with Gasteiger partial charge in [0.15, 0.2) is 5.13 Å². The molecule has 0 aliphatic carbocycles. The Morgan fingerprint density at radius 1 is 1.36 bits per heavy atom. The molecule has 0 fully saturated rings. The van der Waals surface area contributed by atoms with Crippen LogP contribution in [0.5, 0.6) is 0 Å². The van der Waals surface area contributed by atoms with Gasteiger partial charge in [-0.3, -0.25) is 9.59 Å². The van der Waals surface area contributed by atoms with Crippen LogP contribution in [-0.2, 0) is 17.8 Å². The van der Waals surface area contributed by atoms with Gasteiger partial charge in [0.25, 0.3) is 5.91 Å². The van der Waals surface area contributed by atoms with Crippen molar-refractivity contribution in [3.8, 4) is 0 Å². The predicted molar refractivity (Wildman–Crippen MR) is 87.2 cm³/mol. The molecule has 0 aliphatic rings. The molecule has 0 saturated heterocycles. The minimum Gasteiger partial charge on any atom is -0.344 e.